The molecule has 2 aliphatic rings. The molecule has 2 aromatic heterocycles. The van der Waals surface area contributed by atoms with E-state index >= 15 is 0 Å². The Hall–Kier alpha value is -1.37. The Morgan fingerprint density at radius 1 is 1.23 bits per heavy atom. The summed E-state index contributed by atoms with van der Waals surface area (Å²) >= 11 is 0. The Balaban J connectivity index is 0.00000144. The largest absolute Gasteiger partial charge is 0.350 e. The minimum absolute atomic E-state index is 0. The predicted molar refractivity (Wildman–Crippen MR) is 87.3 cm³/mol. The van der Waals surface area contributed by atoms with Gasteiger partial charge in [0.25, 0.3) is 0 Å². The maximum absolute atomic E-state index is 12.2. The van der Waals surface area contributed by atoms with E-state index in [0.29, 0.717) is 24.2 Å². The molecular formula is C15H22ClN5O. The van der Waals surface area contributed by atoms with Crippen LogP contribution in [-0.4, -0.2) is 44.8 Å². The molecule has 120 valence electrons. The fraction of sp³-hybridized carbons (Fsp3) is 0.600. The van der Waals surface area contributed by atoms with Gasteiger partial charge in [0, 0.05) is 31.9 Å². The second kappa shape index (κ2) is 6.02. The first-order valence-corrected chi connectivity index (χ1v) is 7.74. The number of hydrogen-bond acceptors (Lipinski definition) is 4. The lowest BCUT2D eigenvalue weighted by molar-refractivity contribution is 0.286. The van der Waals surface area contributed by atoms with Crippen molar-refractivity contribution in [3.63, 3.8) is 0 Å². The number of halogens is 1. The van der Waals surface area contributed by atoms with Crippen molar-refractivity contribution in [2.75, 3.05) is 19.6 Å². The summed E-state index contributed by atoms with van der Waals surface area (Å²) < 4.78 is 3.16. The average Bonchev–Trinajstić information content (AvgIpc) is 3.13. The standard InChI is InChI=1S/C15H21N5O.ClH/c16-13-5-4-11-9-18(10-12(11)13)7-8-20-15(21)19-6-2-1-3-14(19)17-20;/h1-3,6,11-13H,4-5,7-10,16H2;1H. The van der Waals surface area contributed by atoms with Crippen molar-refractivity contribution in [3.8, 4) is 0 Å². The molecule has 7 heteroatoms. The minimum atomic E-state index is -0.0540. The van der Waals surface area contributed by atoms with Crippen LogP contribution in [0, 0.1) is 11.8 Å². The van der Waals surface area contributed by atoms with Crippen molar-refractivity contribution >= 4 is 18.1 Å². The fourth-order valence-electron chi connectivity index (χ4n) is 3.93. The molecule has 2 aromatic rings. The molecule has 22 heavy (non-hydrogen) atoms. The van der Waals surface area contributed by atoms with Crippen LogP contribution in [0.3, 0.4) is 0 Å². The highest BCUT2D eigenvalue weighted by Gasteiger charge is 2.40. The lowest BCUT2D eigenvalue weighted by Gasteiger charge is -2.17. The third-order valence-electron chi connectivity index (χ3n) is 5.10. The number of fused-ring (bicyclic) bond motifs is 2. The van der Waals surface area contributed by atoms with Gasteiger partial charge in [-0.2, -0.15) is 0 Å². The number of hydrogen-bond donors (Lipinski definition) is 1. The smallest absolute Gasteiger partial charge is 0.327 e. The first kappa shape index (κ1) is 15.5. The average molecular weight is 324 g/mol. The molecule has 0 amide bonds. The Labute approximate surface area is 135 Å². The van der Waals surface area contributed by atoms with Crippen molar-refractivity contribution in [2.24, 2.45) is 17.6 Å². The van der Waals surface area contributed by atoms with Gasteiger partial charge in [-0.15, -0.1) is 17.5 Å². The molecule has 3 atom stereocenters. The molecule has 4 rings (SSSR count). The van der Waals surface area contributed by atoms with E-state index < -0.39 is 0 Å². The van der Waals surface area contributed by atoms with E-state index in [1.54, 1.807) is 15.3 Å². The van der Waals surface area contributed by atoms with Gasteiger partial charge in [0.2, 0.25) is 0 Å². The van der Waals surface area contributed by atoms with E-state index in [9.17, 15) is 4.79 Å². The van der Waals surface area contributed by atoms with Crippen LogP contribution in [0.4, 0.5) is 0 Å². The highest BCUT2D eigenvalue weighted by Crippen LogP contribution is 2.36. The van der Waals surface area contributed by atoms with Crippen LogP contribution in [0.5, 0.6) is 0 Å². The Kier molecular flexibility index (Phi) is 4.25. The van der Waals surface area contributed by atoms with Crippen LogP contribution in [0.1, 0.15) is 12.8 Å². The van der Waals surface area contributed by atoms with Crippen LogP contribution in [0.2, 0.25) is 0 Å². The summed E-state index contributed by atoms with van der Waals surface area (Å²) in [6, 6.07) is 5.98. The number of aromatic nitrogens is 3. The van der Waals surface area contributed by atoms with Gasteiger partial charge < -0.3 is 10.6 Å². The third kappa shape index (κ3) is 2.55. The molecule has 0 bridgehead atoms. The molecule has 6 nitrogen and oxygen atoms in total. The number of likely N-dealkylation sites (tertiary alicyclic amines) is 1. The molecule has 0 radical (unpaired) electrons. The van der Waals surface area contributed by atoms with Crippen LogP contribution in [0.25, 0.3) is 5.65 Å². The molecule has 3 unspecified atom stereocenters. The summed E-state index contributed by atoms with van der Waals surface area (Å²) in [5.41, 5.74) is 6.82. The van der Waals surface area contributed by atoms with Crippen LogP contribution < -0.4 is 11.4 Å². The zero-order chi connectivity index (χ0) is 14.4. The Morgan fingerprint density at radius 3 is 2.86 bits per heavy atom. The summed E-state index contributed by atoms with van der Waals surface area (Å²) in [7, 11) is 0. The van der Waals surface area contributed by atoms with E-state index in [1.165, 1.54) is 12.8 Å². The predicted octanol–water partition coefficient (Wildman–Crippen LogP) is 0.587. The second-order valence-electron chi connectivity index (χ2n) is 6.36. The molecule has 1 saturated heterocycles. The molecule has 2 N–H and O–H groups in total. The van der Waals surface area contributed by atoms with Crippen molar-refractivity contribution < 1.29 is 0 Å². The molecule has 1 aliphatic heterocycles. The minimum Gasteiger partial charge on any atom is -0.327 e. The Morgan fingerprint density at radius 2 is 2.09 bits per heavy atom. The summed E-state index contributed by atoms with van der Waals surface area (Å²) in [6.07, 6.45) is 4.20. The van der Waals surface area contributed by atoms with E-state index in [-0.39, 0.29) is 18.1 Å². The highest BCUT2D eigenvalue weighted by molar-refractivity contribution is 5.85. The summed E-state index contributed by atoms with van der Waals surface area (Å²) in [5.74, 6) is 1.42. The van der Waals surface area contributed by atoms with Gasteiger partial charge in [-0.1, -0.05) is 6.07 Å². The molecular weight excluding hydrogens is 302 g/mol. The highest BCUT2D eigenvalue weighted by atomic mass is 35.5. The van der Waals surface area contributed by atoms with Crippen LogP contribution in [-0.2, 0) is 6.54 Å². The fourth-order valence-corrected chi connectivity index (χ4v) is 3.93. The first-order valence-electron chi connectivity index (χ1n) is 7.74. The van der Waals surface area contributed by atoms with E-state index in [2.05, 4.69) is 10.00 Å². The van der Waals surface area contributed by atoms with Crippen molar-refractivity contribution in [1.82, 2.24) is 19.1 Å². The molecule has 1 aliphatic carbocycles. The summed E-state index contributed by atoms with van der Waals surface area (Å²) in [4.78, 5) is 14.6. The number of nitrogens with two attached hydrogens (primary N) is 1. The molecule has 1 saturated carbocycles. The molecule has 3 heterocycles. The third-order valence-corrected chi connectivity index (χ3v) is 5.10. The SMILES string of the molecule is Cl.NC1CCC2CN(CCn3nc4ccccn4c3=O)CC12. The van der Waals surface area contributed by atoms with E-state index in [0.717, 1.165) is 25.6 Å². The van der Waals surface area contributed by atoms with Gasteiger partial charge in [-0.25, -0.2) is 9.48 Å². The summed E-state index contributed by atoms with van der Waals surface area (Å²) in [6.45, 7) is 3.73. The zero-order valence-corrected chi connectivity index (χ0v) is 13.3. The van der Waals surface area contributed by atoms with Gasteiger partial charge in [0.05, 0.1) is 6.54 Å². The topological polar surface area (TPSA) is 68.6 Å². The molecule has 0 aromatic carbocycles. The van der Waals surface area contributed by atoms with Gasteiger partial charge in [0.1, 0.15) is 0 Å². The lowest BCUT2D eigenvalue weighted by atomic mass is 9.98. The first-order chi connectivity index (χ1) is 10.2. The van der Waals surface area contributed by atoms with Crippen molar-refractivity contribution in [1.29, 1.82) is 0 Å². The molecule has 0 spiro atoms. The second-order valence-corrected chi connectivity index (χ2v) is 6.36. The van der Waals surface area contributed by atoms with Gasteiger partial charge >= 0.3 is 5.69 Å². The normalized spacial score (nSPS) is 28.0. The maximum Gasteiger partial charge on any atom is 0.350 e. The Bertz CT molecular complexity index is 711. The monoisotopic (exact) mass is 323 g/mol. The van der Waals surface area contributed by atoms with Crippen LogP contribution >= 0.6 is 12.4 Å². The summed E-state index contributed by atoms with van der Waals surface area (Å²) in [5, 5.41) is 4.38. The van der Waals surface area contributed by atoms with Crippen molar-refractivity contribution in [3.05, 3.63) is 34.9 Å². The lowest BCUT2D eigenvalue weighted by Crippen LogP contribution is -2.33. The number of rotatable bonds is 3. The van der Waals surface area contributed by atoms with Gasteiger partial charge in [-0.05, 0) is 36.8 Å². The van der Waals surface area contributed by atoms with Gasteiger partial charge in [-0.3, -0.25) is 4.40 Å². The van der Waals surface area contributed by atoms with Crippen LogP contribution in [0.15, 0.2) is 29.2 Å². The maximum atomic E-state index is 12.2. The van der Waals surface area contributed by atoms with E-state index in [4.69, 9.17) is 5.73 Å². The van der Waals surface area contributed by atoms with Gasteiger partial charge in [0.15, 0.2) is 5.65 Å². The van der Waals surface area contributed by atoms with E-state index in [1.807, 2.05) is 18.2 Å². The quantitative estimate of drug-likeness (QED) is 0.897. The molecule has 2 fully saturated rings. The number of nitrogens with zero attached hydrogens (tertiary/aromatic N) is 4. The van der Waals surface area contributed by atoms with Crippen molar-refractivity contribution in [2.45, 2.75) is 25.4 Å². The zero-order valence-electron chi connectivity index (χ0n) is 12.5. The number of pyridine rings is 1.